The molecular formula is C27H34N4O4S2. The van der Waals surface area contributed by atoms with Gasteiger partial charge in [0.15, 0.2) is 17.1 Å². The van der Waals surface area contributed by atoms with Crippen molar-refractivity contribution in [3.8, 4) is 5.75 Å². The maximum atomic E-state index is 12.7. The molecule has 3 aromatic rings. The standard InChI is InChI=1S/C27H34N4O4S2/c1-9-14-31-23(17(3)35-20-12-10-19(11-13-20)27(5,6)7)29-30-26(31)36-15-21(32)28-24-22(25(33)34-8)16(2)18(4)37-24/h9-13,17H,1,14-15H2,2-8H3,(H,28,32). The molecular weight excluding hydrogens is 508 g/mol. The van der Waals surface area contributed by atoms with E-state index in [1.165, 1.54) is 35.8 Å². The van der Waals surface area contributed by atoms with Gasteiger partial charge in [-0.05, 0) is 49.4 Å². The molecule has 10 heteroatoms. The zero-order valence-corrected chi connectivity index (χ0v) is 24.0. The predicted molar refractivity (Wildman–Crippen MR) is 149 cm³/mol. The Bertz CT molecular complexity index is 1270. The van der Waals surface area contributed by atoms with Crippen molar-refractivity contribution in [2.24, 2.45) is 0 Å². The number of thiophene rings is 1. The fraction of sp³-hybridized carbons (Fsp3) is 0.407. The van der Waals surface area contributed by atoms with Gasteiger partial charge in [-0.3, -0.25) is 9.36 Å². The third-order valence-corrected chi connectivity index (χ3v) is 7.90. The monoisotopic (exact) mass is 542 g/mol. The van der Waals surface area contributed by atoms with E-state index in [-0.39, 0.29) is 23.2 Å². The number of anilines is 1. The summed E-state index contributed by atoms with van der Waals surface area (Å²) in [5.74, 6) is 0.747. The lowest BCUT2D eigenvalue weighted by Crippen LogP contribution is -2.17. The van der Waals surface area contributed by atoms with Crippen LogP contribution in [0.5, 0.6) is 5.75 Å². The van der Waals surface area contributed by atoms with Gasteiger partial charge in [-0.15, -0.1) is 28.1 Å². The number of carbonyl (C=O) groups is 2. The first kappa shape index (κ1) is 28.5. The number of nitrogens with one attached hydrogen (secondary N) is 1. The molecule has 1 atom stereocenters. The lowest BCUT2D eigenvalue weighted by atomic mass is 9.87. The van der Waals surface area contributed by atoms with Crippen molar-refractivity contribution < 1.29 is 19.1 Å². The second kappa shape index (κ2) is 12.0. The lowest BCUT2D eigenvalue weighted by molar-refractivity contribution is -0.113. The average molecular weight is 543 g/mol. The molecule has 0 aliphatic carbocycles. The summed E-state index contributed by atoms with van der Waals surface area (Å²) in [5, 5.41) is 12.5. The molecule has 0 bridgehead atoms. The number of methoxy groups -OCH3 is 1. The molecule has 0 fully saturated rings. The number of thioether (sulfide) groups is 1. The molecule has 3 rings (SSSR count). The summed E-state index contributed by atoms with van der Waals surface area (Å²) in [4.78, 5) is 25.9. The van der Waals surface area contributed by atoms with Crippen molar-refractivity contribution in [3.63, 3.8) is 0 Å². The fourth-order valence-corrected chi connectivity index (χ4v) is 5.47. The Morgan fingerprint density at radius 1 is 1.22 bits per heavy atom. The van der Waals surface area contributed by atoms with Crippen LogP contribution in [0.25, 0.3) is 0 Å². The number of nitrogens with zero attached hydrogens (tertiary/aromatic N) is 3. The number of esters is 1. The smallest absolute Gasteiger partial charge is 0.341 e. The molecule has 0 radical (unpaired) electrons. The molecule has 1 aromatic carbocycles. The van der Waals surface area contributed by atoms with Crippen LogP contribution in [0, 0.1) is 13.8 Å². The van der Waals surface area contributed by atoms with Crippen molar-refractivity contribution >= 4 is 40.0 Å². The summed E-state index contributed by atoms with van der Waals surface area (Å²) >= 11 is 2.61. The highest BCUT2D eigenvalue weighted by Crippen LogP contribution is 2.33. The van der Waals surface area contributed by atoms with Gasteiger partial charge in [-0.25, -0.2) is 4.79 Å². The normalized spacial score (nSPS) is 12.2. The summed E-state index contributed by atoms with van der Waals surface area (Å²) in [5.41, 5.74) is 2.49. The zero-order chi connectivity index (χ0) is 27.3. The number of benzene rings is 1. The summed E-state index contributed by atoms with van der Waals surface area (Å²) in [7, 11) is 1.33. The van der Waals surface area contributed by atoms with Gasteiger partial charge in [0, 0.05) is 11.4 Å². The highest BCUT2D eigenvalue weighted by Gasteiger charge is 2.23. The van der Waals surface area contributed by atoms with Gasteiger partial charge in [-0.1, -0.05) is 50.7 Å². The first-order chi connectivity index (χ1) is 17.5. The molecule has 198 valence electrons. The van der Waals surface area contributed by atoms with Crippen LogP contribution in [0.1, 0.15) is 66.0 Å². The summed E-state index contributed by atoms with van der Waals surface area (Å²) in [6, 6.07) is 8.06. The molecule has 8 nitrogen and oxygen atoms in total. The molecule has 0 saturated heterocycles. The highest BCUT2D eigenvalue weighted by molar-refractivity contribution is 7.99. The second-order valence-corrected chi connectivity index (χ2v) is 11.8. The minimum atomic E-state index is -0.470. The van der Waals surface area contributed by atoms with E-state index in [9.17, 15) is 9.59 Å². The summed E-state index contributed by atoms with van der Waals surface area (Å²) in [6.07, 6.45) is 1.39. The number of allylic oxidation sites excluding steroid dienone is 1. The predicted octanol–water partition coefficient (Wildman–Crippen LogP) is 6.10. The molecule has 0 spiro atoms. The maximum absolute atomic E-state index is 12.7. The van der Waals surface area contributed by atoms with E-state index >= 15 is 0 Å². The maximum Gasteiger partial charge on any atom is 0.341 e. The van der Waals surface area contributed by atoms with E-state index in [0.717, 1.165) is 16.2 Å². The molecule has 2 heterocycles. The number of aromatic nitrogens is 3. The topological polar surface area (TPSA) is 95.3 Å². The first-order valence-electron chi connectivity index (χ1n) is 11.9. The van der Waals surface area contributed by atoms with Crippen molar-refractivity contribution in [2.75, 3.05) is 18.2 Å². The molecule has 1 unspecified atom stereocenters. The zero-order valence-electron chi connectivity index (χ0n) is 22.4. The molecule has 0 saturated carbocycles. The van der Waals surface area contributed by atoms with Gasteiger partial charge in [-0.2, -0.15) is 0 Å². The largest absolute Gasteiger partial charge is 0.483 e. The van der Waals surface area contributed by atoms with Crippen LogP contribution in [0.4, 0.5) is 5.00 Å². The Balaban J connectivity index is 1.70. The van der Waals surface area contributed by atoms with Crippen molar-refractivity contribution in [1.82, 2.24) is 14.8 Å². The molecule has 2 aromatic heterocycles. The quantitative estimate of drug-likeness (QED) is 0.188. The minimum absolute atomic E-state index is 0.0642. The van der Waals surface area contributed by atoms with Gasteiger partial charge >= 0.3 is 5.97 Å². The van der Waals surface area contributed by atoms with E-state index in [1.54, 1.807) is 6.08 Å². The number of hydrogen-bond acceptors (Lipinski definition) is 8. The van der Waals surface area contributed by atoms with Gasteiger partial charge in [0.1, 0.15) is 10.8 Å². The molecule has 37 heavy (non-hydrogen) atoms. The van der Waals surface area contributed by atoms with Crippen LogP contribution < -0.4 is 10.1 Å². The third kappa shape index (κ3) is 6.81. The van der Waals surface area contributed by atoms with E-state index in [0.29, 0.717) is 28.1 Å². The summed E-state index contributed by atoms with van der Waals surface area (Å²) in [6.45, 7) is 16.5. The van der Waals surface area contributed by atoms with Crippen LogP contribution in [0.3, 0.4) is 0 Å². The van der Waals surface area contributed by atoms with Crippen molar-refractivity contribution in [3.05, 3.63) is 64.3 Å². The molecule has 0 aliphatic heterocycles. The Morgan fingerprint density at radius 2 is 1.89 bits per heavy atom. The van der Waals surface area contributed by atoms with Crippen LogP contribution >= 0.6 is 23.1 Å². The van der Waals surface area contributed by atoms with Gasteiger partial charge in [0.2, 0.25) is 5.91 Å². The van der Waals surface area contributed by atoms with Gasteiger partial charge in [0.05, 0.1) is 18.4 Å². The molecule has 1 N–H and O–H groups in total. The Kier molecular flexibility index (Phi) is 9.20. The van der Waals surface area contributed by atoms with Gasteiger partial charge in [0.25, 0.3) is 0 Å². The van der Waals surface area contributed by atoms with Crippen LogP contribution in [-0.4, -0.2) is 39.5 Å². The third-order valence-electron chi connectivity index (χ3n) is 5.81. The highest BCUT2D eigenvalue weighted by atomic mass is 32.2. The number of aryl methyl sites for hydroxylation is 1. The van der Waals surface area contributed by atoms with E-state index in [2.05, 4.69) is 55.0 Å². The number of amides is 1. The molecule has 0 aliphatic rings. The second-order valence-electron chi connectivity index (χ2n) is 9.59. The van der Waals surface area contributed by atoms with Crippen LogP contribution in [0.15, 0.2) is 42.1 Å². The van der Waals surface area contributed by atoms with Crippen LogP contribution in [0.2, 0.25) is 0 Å². The average Bonchev–Trinajstić information content (AvgIpc) is 3.37. The number of rotatable bonds is 10. The van der Waals surface area contributed by atoms with Gasteiger partial charge < -0.3 is 14.8 Å². The number of carbonyl (C=O) groups excluding carboxylic acids is 2. The van der Waals surface area contributed by atoms with Crippen molar-refractivity contribution in [1.29, 1.82) is 0 Å². The van der Waals surface area contributed by atoms with Crippen molar-refractivity contribution in [2.45, 2.75) is 64.8 Å². The lowest BCUT2D eigenvalue weighted by Gasteiger charge is -2.20. The Labute approximate surface area is 226 Å². The Morgan fingerprint density at radius 3 is 2.49 bits per heavy atom. The summed E-state index contributed by atoms with van der Waals surface area (Å²) < 4.78 is 12.9. The molecule has 1 amide bonds. The minimum Gasteiger partial charge on any atom is -0.483 e. The number of hydrogen-bond donors (Lipinski definition) is 1. The number of ether oxygens (including phenoxy) is 2. The van der Waals surface area contributed by atoms with Crippen LogP contribution in [-0.2, 0) is 21.5 Å². The fourth-order valence-electron chi connectivity index (χ4n) is 3.65. The SMILES string of the molecule is C=CCn1c(SCC(=O)Nc2sc(C)c(C)c2C(=O)OC)nnc1C(C)Oc1ccc(C(C)(C)C)cc1. The van der Waals surface area contributed by atoms with E-state index < -0.39 is 5.97 Å². The van der Waals surface area contributed by atoms with E-state index in [4.69, 9.17) is 9.47 Å². The Hall–Kier alpha value is -3.11. The van der Waals surface area contributed by atoms with E-state index in [1.807, 2.05) is 37.5 Å². The first-order valence-corrected chi connectivity index (χ1v) is 13.7.